The predicted molar refractivity (Wildman–Crippen MR) is 166 cm³/mol. The third-order valence-corrected chi connectivity index (χ3v) is 10.3. The average Bonchev–Trinajstić information content (AvgIpc) is 3.65. The van der Waals surface area contributed by atoms with E-state index in [0.717, 1.165) is 55.5 Å². The van der Waals surface area contributed by atoms with Gasteiger partial charge in [-0.15, -0.1) is 0 Å². The van der Waals surface area contributed by atoms with Crippen LogP contribution in [0.25, 0.3) is 0 Å². The number of benzene rings is 2. The Labute approximate surface area is 250 Å². The summed E-state index contributed by atoms with van der Waals surface area (Å²) in [7, 11) is 0. The van der Waals surface area contributed by atoms with E-state index in [4.69, 9.17) is 9.73 Å². The highest BCUT2D eigenvalue weighted by molar-refractivity contribution is 6.10. The van der Waals surface area contributed by atoms with Gasteiger partial charge in [-0.05, 0) is 112 Å². The number of carbonyl (C=O) groups is 2. The molecule has 0 bridgehead atoms. The van der Waals surface area contributed by atoms with Gasteiger partial charge in [0.25, 0.3) is 0 Å². The summed E-state index contributed by atoms with van der Waals surface area (Å²) in [6.07, 6.45) is 11.7. The third-order valence-electron chi connectivity index (χ3n) is 10.3. The number of Topliss-reactive ketones (excluding diaryl/α,β-unsaturated/α-hetero) is 1. The fraction of sp³-hybridized carbons (Fsp3) is 0.541. The Morgan fingerprint density at radius 2 is 1.64 bits per heavy atom. The quantitative estimate of drug-likeness (QED) is 0.341. The molecule has 1 heterocycles. The molecule has 1 aliphatic heterocycles. The summed E-state index contributed by atoms with van der Waals surface area (Å²) in [4.78, 5) is 33.6. The van der Waals surface area contributed by atoms with Gasteiger partial charge in [-0.25, -0.2) is 0 Å². The van der Waals surface area contributed by atoms with Gasteiger partial charge in [0.1, 0.15) is 17.8 Å². The lowest BCUT2D eigenvalue weighted by Gasteiger charge is -2.38. The molecule has 3 unspecified atom stereocenters. The van der Waals surface area contributed by atoms with Crippen molar-refractivity contribution in [3.05, 3.63) is 75.5 Å². The second-order valence-corrected chi connectivity index (χ2v) is 13.4. The second-order valence-electron chi connectivity index (χ2n) is 13.4. The minimum atomic E-state index is -0.643. The number of ketones is 1. The number of allylic oxidation sites excluding steroid dienone is 2. The van der Waals surface area contributed by atoms with Crippen LogP contribution in [-0.4, -0.2) is 28.7 Å². The van der Waals surface area contributed by atoms with Gasteiger partial charge >= 0.3 is 5.97 Å². The monoisotopic (exact) mass is 567 g/mol. The molecule has 3 atom stereocenters. The molecule has 6 rings (SSSR count). The molecule has 3 aliphatic carbocycles. The number of aromatic hydroxyl groups is 1. The molecule has 0 spiro atoms. The summed E-state index contributed by atoms with van der Waals surface area (Å²) in [5, 5.41) is 10.5. The number of aliphatic imine (C=N–C) groups is 1. The number of esters is 1. The van der Waals surface area contributed by atoms with Gasteiger partial charge in [0.15, 0.2) is 5.78 Å². The third kappa shape index (κ3) is 5.85. The van der Waals surface area contributed by atoms with Crippen LogP contribution in [0.3, 0.4) is 0 Å². The molecule has 2 aromatic carbocycles. The number of carbonyl (C=O) groups excluding carboxylic acids is 2. The second kappa shape index (κ2) is 12.2. The summed E-state index contributed by atoms with van der Waals surface area (Å²) in [5.41, 5.74) is 8.05. The smallest absolute Gasteiger partial charge is 0.315 e. The minimum Gasteiger partial charge on any atom is -0.508 e. The van der Waals surface area contributed by atoms with Crippen LogP contribution in [0.4, 0.5) is 0 Å². The van der Waals surface area contributed by atoms with E-state index in [1.54, 1.807) is 12.1 Å². The zero-order valence-electron chi connectivity index (χ0n) is 25.5. The van der Waals surface area contributed by atoms with E-state index in [9.17, 15) is 14.7 Å². The normalized spacial score (nSPS) is 25.1. The lowest BCUT2D eigenvalue weighted by atomic mass is 9.68. The molecule has 0 aromatic heterocycles. The van der Waals surface area contributed by atoms with Gasteiger partial charge in [0, 0.05) is 29.3 Å². The van der Waals surface area contributed by atoms with E-state index in [2.05, 4.69) is 32.9 Å². The molecule has 42 heavy (non-hydrogen) atoms. The van der Waals surface area contributed by atoms with E-state index >= 15 is 0 Å². The van der Waals surface area contributed by atoms with Crippen molar-refractivity contribution in [1.29, 1.82) is 0 Å². The molecule has 1 N–H and O–H groups in total. The van der Waals surface area contributed by atoms with E-state index in [1.165, 1.54) is 47.9 Å². The number of nitrogens with zero attached hydrogens (tertiary/aromatic N) is 1. The van der Waals surface area contributed by atoms with Crippen LogP contribution < -0.4 is 0 Å². The Hall–Kier alpha value is -3.21. The van der Waals surface area contributed by atoms with E-state index in [1.807, 2.05) is 12.1 Å². The lowest BCUT2D eigenvalue weighted by molar-refractivity contribution is -0.151. The number of phenolic OH excluding ortho intramolecular Hbond substituents is 1. The highest BCUT2D eigenvalue weighted by Gasteiger charge is 2.46. The van der Waals surface area contributed by atoms with Crippen LogP contribution in [0.15, 0.2) is 52.7 Å². The molecular weight excluding hydrogens is 522 g/mol. The maximum atomic E-state index is 14.2. The van der Waals surface area contributed by atoms with Gasteiger partial charge in [0.05, 0.1) is 0 Å². The molecule has 0 amide bonds. The number of phenols is 1. The first-order valence-electron chi connectivity index (χ1n) is 16.2. The molecule has 2 saturated carbocycles. The fourth-order valence-electron chi connectivity index (χ4n) is 8.47. The summed E-state index contributed by atoms with van der Waals surface area (Å²) in [6, 6.07) is 11.5. The zero-order valence-corrected chi connectivity index (χ0v) is 25.5. The van der Waals surface area contributed by atoms with Gasteiger partial charge in [-0.3, -0.25) is 14.6 Å². The highest BCUT2D eigenvalue weighted by atomic mass is 16.5. The standard InChI is InChI=1S/C37H45NO4/c1-22-17-23(2)33(24(3)18-22)27-20-31-35(32(40)21-27)34(26-11-8-12-28(39)19-26)36(37(41)42-29-13-6-7-14-29)30(38-31)16-15-25-9-4-5-10-25/h8,11-12,17-19,25,27,29,34,36,39H,4-7,9-10,13-16,20-21H2,1-3H3. The minimum absolute atomic E-state index is 0.0588. The highest BCUT2D eigenvalue weighted by Crippen LogP contribution is 2.49. The van der Waals surface area contributed by atoms with Crippen molar-refractivity contribution in [3.8, 4) is 5.75 Å². The summed E-state index contributed by atoms with van der Waals surface area (Å²) >= 11 is 0. The molecule has 5 nitrogen and oxygen atoms in total. The van der Waals surface area contributed by atoms with Gasteiger partial charge < -0.3 is 9.84 Å². The van der Waals surface area contributed by atoms with Crippen LogP contribution in [0.5, 0.6) is 5.75 Å². The zero-order chi connectivity index (χ0) is 29.4. The van der Waals surface area contributed by atoms with Crippen molar-refractivity contribution in [1.82, 2.24) is 0 Å². The molecular formula is C37H45NO4. The van der Waals surface area contributed by atoms with Gasteiger partial charge in [0.2, 0.25) is 0 Å². The summed E-state index contributed by atoms with van der Waals surface area (Å²) in [5.74, 6) is -0.476. The Morgan fingerprint density at radius 1 is 0.952 bits per heavy atom. The first-order valence-corrected chi connectivity index (χ1v) is 16.2. The number of hydrogen-bond acceptors (Lipinski definition) is 5. The SMILES string of the molecule is Cc1cc(C)c(C2CC(=O)C3=C(C2)N=C(CCC2CCCC2)C(C(=O)OC2CCCC2)C3c2cccc(O)c2)c(C)c1. The Bertz CT molecular complexity index is 1400. The number of rotatable bonds is 7. The van der Waals surface area contributed by atoms with Crippen molar-refractivity contribution in [2.24, 2.45) is 16.8 Å². The molecule has 2 fully saturated rings. The average molecular weight is 568 g/mol. The predicted octanol–water partition coefficient (Wildman–Crippen LogP) is 8.33. The summed E-state index contributed by atoms with van der Waals surface area (Å²) < 4.78 is 6.17. The Balaban J connectivity index is 1.43. The molecule has 222 valence electrons. The molecule has 5 heteroatoms. The van der Waals surface area contributed by atoms with Gasteiger partial charge in [-0.2, -0.15) is 0 Å². The Kier molecular flexibility index (Phi) is 8.38. The maximum Gasteiger partial charge on any atom is 0.315 e. The fourth-order valence-corrected chi connectivity index (χ4v) is 8.47. The van der Waals surface area contributed by atoms with Gasteiger partial charge in [-0.1, -0.05) is 55.5 Å². The molecule has 0 radical (unpaired) electrons. The first kappa shape index (κ1) is 28.9. The van der Waals surface area contributed by atoms with E-state index < -0.39 is 11.8 Å². The summed E-state index contributed by atoms with van der Waals surface area (Å²) in [6.45, 7) is 6.40. The largest absolute Gasteiger partial charge is 0.508 e. The van der Waals surface area contributed by atoms with Crippen molar-refractivity contribution in [2.45, 2.75) is 116 Å². The molecule has 2 aromatic rings. The first-order chi connectivity index (χ1) is 20.3. The van der Waals surface area contributed by atoms with E-state index in [0.29, 0.717) is 24.3 Å². The van der Waals surface area contributed by atoms with Crippen LogP contribution in [0.1, 0.15) is 117 Å². The van der Waals surface area contributed by atoms with Crippen molar-refractivity contribution in [3.63, 3.8) is 0 Å². The number of ether oxygens (including phenoxy) is 1. The number of hydrogen-bond donors (Lipinski definition) is 1. The van der Waals surface area contributed by atoms with Crippen LogP contribution in [-0.2, 0) is 14.3 Å². The Morgan fingerprint density at radius 3 is 2.33 bits per heavy atom. The van der Waals surface area contributed by atoms with E-state index in [-0.39, 0.29) is 29.5 Å². The van der Waals surface area contributed by atoms with Crippen LogP contribution in [0, 0.1) is 32.6 Å². The van der Waals surface area contributed by atoms with Crippen molar-refractivity contribution < 1.29 is 19.4 Å². The number of aryl methyl sites for hydroxylation is 3. The topological polar surface area (TPSA) is 76.0 Å². The molecule has 0 saturated heterocycles. The van der Waals surface area contributed by atoms with Crippen LogP contribution in [0.2, 0.25) is 0 Å². The van der Waals surface area contributed by atoms with Crippen molar-refractivity contribution >= 4 is 17.5 Å². The lowest BCUT2D eigenvalue weighted by Crippen LogP contribution is -2.40. The van der Waals surface area contributed by atoms with Crippen molar-refractivity contribution in [2.75, 3.05) is 0 Å². The molecule has 4 aliphatic rings. The van der Waals surface area contributed by atoms with Crippen LogP contribution >= 0.6 is 0 Å². The maximum absolute atomic E-state index is 14.2.